The zero-order valence-electron chi connectivity index (χ0n) is 10.7. The number of nitrogens with zero attached hydrogens (tertiary/aromatic N) is 1. The summed E-state index contributed by atoms with van der Waals surface area (Å²) in [5.74, 6) is 0.765. The molecule has 2 nitrogen and oxygen atoms in total. The van der Waals surface area contributed by atoms with Gasteiger partial charge < -0.3 is 9.69 Å². The Labute approximate surface area is 104 Å². The third-order valence-corrected chi connectivity index (χ3v) is 3.75. The molecule has 0 aliphatic carbocycles. The molecular formula is C15H21NO. The quantitative estimate of drug-likeness (QED) is 0.742. The van der Waals surface area contributed by atoms with Crippen molar-refractivity contribution in [3.05, 3.63) is 35.9 Å². The molecule has 1 heterocycles. The fraction of sp³-hybridized carbons (Fsp3) is 0.533. The highest BCUT2D eigenvalue weighted by Crippen LogP contribution is 2.25. The van der Waals surface area contributed by atoms with E-state index in [0.29, 0.717) is 0 Å². The van der Waals surface area contributed by atoms with Crippen molar-refractivity contribution in [2.45, 2.75) is 25.7 Å². The fourth-order valence-electron chi connectivity index (χ4n) is 2.65. The lowest BCUT2D eigenvalue weighted by Crippen LogP contribution is -2.39. The minimum atomic E-state index is -0.370. The summed E-state index contributed by atoms with van der Waals surface area (Å²) in [4.78, 5) is 13.9. The van der Waals surface area contributed by atoms with Crippen LogP contribution in [0.1, 0.15) is 25.8 Å². The summed E-state index contributed by atoms with van der Waals surface area (Å²) in [5.41, 5.74) is 0.750. The molecule has 1 aromatic rings. The van der Waals surface area contributed by atoms with E-state index >= 15 is 0 Å². The molecule has 1 aliphatic rings. The van der Waals surface area contributed by atoms with Crippen LogP contribution in [0.3, 0.4) is 0 Å². The molecule has 92 valence electrons. The van der Waals surface area contributed by atoms with Crippen LogP contribution >= 0.6 is 0 Å². The molecule has 0 bridgehead atoms. The van der Waals surface area contributed by atoms with Crippen LogP contribution in [0.5, 0.6) is 0 Å². The highest BCUT2D eigenvalue weighted by Gasteiger charge is 2.31. The second kappa shape index (κ2) is 5.01. The summed E-state index contributed by atoms with van der Waals surface area (Å²) in [7, 11) is 0. The van der Waals surface area contributed by atoms with E-state index in [2.05, 4.69) is 11.8 Å². The minimum Gasteiger partial charge on any atom is -0.302 e. The van der Waals surface area contributed by atoms with Gasteiger partial charge in [-0.3, -0.25) is 0 Å². The largest absolute Gasteiger partial charge is 0.302 e. The number of likely N-dealkylation sites (tertiary alicyclic amines) is 1. The van der Waals surface area contributed by atoms with Gasteiger partial charge in [-0.15, -0.1) is 0 Å². The first-order valence-electron chi connectivity index (χ1n) is 6.38. The number of rotatable bonds is 4. The Balaban J connectivity index is 2.12. The standard InChI is InChI=1S/C15H21NO/c1-13-8-9-16(10-13)11-15(2,12-17)14-6-4-3-5-7-14/h3-7,12-13H,8-11H2,1-2H3. The predicted molar refractivity (Wildman–Crippen MR) is 70.1 cm³/mol. The van der Waals surface area contributed by atoms with Gasteiger partial charge in [0.15, 0.2) is 0 Å². The zero-order valence-corrected chi connectivity index (χ0v) is 10.7. The van der Waals surface area contributed by atoms with Crippen LogP contribution in [0, 0.1) is 5.92 Å². The van der Waals surface area contributed by atoms with Crippen LogP contribution < -0.4 is 0 Å². The normalized spacial score (nSPS) is 24.5. The fourth-order valence-corrected chi connectivity index (χ4v) is 2.65. The molecular weight excluding hydrogens is 210 g/mol. The first-order chi connectivity index (χ1) is 8.14. The Morgan fingerprint density at radius 3 is 2.65 bits per heavy atom. The number of benzene rings is 1. The van der Waals surface area contributed by atoms with Crippen LogP contribution in [-0.4, -0.2) is 30.8 Å². The lowest BCUT2D eigenvalue weighted by molar-refractivity contribution is -0.112. The van der Waals surface area contributed by atoms with Gasteiger partial charge in [0.05, 0.1) is 5.41 Å². The van der Waals surface area contributed by atoms with Crippen molar-refractivity contribution < 1.29 is 4.79 Å². The third kappa shape index (κ3) is 2.75. The average molecular weight is 231 g/mol. The number of carbonyl (C=O) groups excluding carboxylic acids is 1. The highest BCUT2D eigenvalue weighted by molar-refractivity contribution is 5.68. The van der Waals surface area contributed by atoms with Gasteiger partial charge in [-0.2, -0.15) is 0 Å². The van der Waals surface area contributed by atoms with E-state index in [-0.39, 0.29) is 5.41 Å². The molecule has 1 saturated heterocycles. The van der Waals surface area contributed by atoms with Gasteiger partial charge >= 0.3 is 0 Å². The van der Waals surface area contributed by atoms with E-state index in [1.807, 2.05) is 37.3 Å². The molecule has 0 amide bonds. The van der Waals surface area contributed by atoms with Crippen LogP contribution in [0.4, 0.5) is 0 Å². The van der Waals surface area contributed by atoms with Gasteiger partial charge in [-0.1, -0.05) is 37.3 Å². The second-order valence-electron chi connectivity index (χ2n) is 5.53. The molecule has 1 fully saturated rings. The van der Waals surface area contributed by atoms with Crippen molar-refractivity contribution >= 4 is 6.29 Å². The van der Waals surface area contributed by atoms with Crippen LogP contribution in [0.15, 0.2) is 30.3 Å². The molecule has 1 aliphatic heterocycles. The average Bonchev–Trinajstić information content (AvgIpc) is 2.75. The van der Waals surface area contributed by atoms with E-state index in [1.54, 1.807) is 0 Å². The smallest absolute Gasteiger partial charge is 0.131 e. The highest BCUT2D eigenvalue weighted by atomic mass is 16.1. The van der Waals surface area contributed by atoms with Crippen molar-refractivity contribution in [3.63, 3.8) is 0 Å². The molecule has 0 aromatic heterocycles. The van der Waals surface area contributed by atoms with Crippen molar-refractivity contribution in [3.8, 4) is 0 Å². The molecule has 2 unspecified atom stereocenters. The maximum Gasteiger partial charge on any atom is 0.131 e. The SMILES string of the molecule is CC1CCN(CC(C)(C=O)c2ccccc2)C1. The molecule has 2 heteroatoms. The molecule has 2 rings (SSSR count). The van der Waals surface area contributed by atoms with Crippen LogP contribution in [0.25, 0.3) is 0 Å². The summed E-state index contributed by atoms with van der Waals surface area (Å²) >= 11 is 0. The van der Waals surface area contributed by atoms with Crippen LogP contribution in [-0.2, 0) is 10.2 Å². The third-order valence-electron chi connectivity index (χ3n) is 3.75. The molecule has 0 N–H and O–H groups in total. The van der Waals surface area contributed by atoms with Gasteiger partial charge in [-0.05, 0) is 31.4 Å². The Morgan fingerprint density at radius 2 is 2.12 bits per heavy atom. The van der Waals surface area contributed by atoms with Gasteiger partial charge in [-0.25, -0.2) is 0 Å². The maximum atomic E-state index is 11.5. The van der Waals surface area contributed by atoms with E-state index in [4.69, 9.17) is 0 Å². The van der Waals surface area contributed by atoms with E-state index in [0.717, 1.165) is 37.4 Å². The molecule has 1 aromatic carbocycles. The molecule has 17 heavy (non-hydrogen) atoms. The van der Waals surface area contributed by atoms with Gasteiger partial charge in [0.2, 0.25) is 0 Å². The predicted octanol–water partition coefficient (Wildman–Crippen LogP) is 2.49. The first kappa shape index (κ1) is 12.3. The van der Waals surface area contributed by atoms with E-state index < -0.39 is 0 Å². The Bertz CT molecular complexity index is 376. The minimum absolute atomic E-state index is 0.370. The Hall–Kier alpha value is -1.15. The molecule has 0 radical (unpaired) electrons. The van der Waals surface area contributed by atoms with Gasteiger partial charge in [0.25, 0.3) is 0 Å². The Morgan fingerprint density at radius 1 is 1.41 bits per heavy atom. The number of hydrogen-bond acceptors (Lipinski definition) is 2. The summed E-state index contributed by atoms with van der Waals surface area (Å²) in [6.07, 6.45) is 2.36. The number of hydrogen-bond donors (Lipinski definition) is 0. The van der Waals surface area contributed by atoms with E-state index in [9.17, 15) is 4.79 Å². The number of carbonyl (C=O) groups is 1. The number of aldehydes is 1. The lowest BCUT2D eigenvalue weighted by atomic mass is 9.83. The van der Waals surface area contributed by atoms with Gasteiger partial charge in [0.1, 0.15) is 6.29 Å². The lowest BCUT2D eigenvalue weighted by Gasteiger charge is -2.29. The first-order valence-corrected chi connectivity index (χ1v) is 6.38. The summed E-state index contributed by atoms with van der Waals surface area (Å²) in [6, 6.07) is 10.1. The monoisotopic (exact) mass is 231 g/mol. The zero-order chi connectivity index (χ0) is 12.3. The summed E-state index contributed by atoms with van der Waals surface area (Å²) in [6.45, 7) is 7.40. The van der Waals surface area contributed by atoms with Crippen molar-refractivity contribution in [1.29, 1.82) is 0 Å². The maximum absolute atomic E-state index is 11.5. The van der Waals surface area contributed by atoms with Crippen LogP contribution in [0.2, 0.25) is 0 Å². The van der Waals surface area contributed by atoms with Gasteiger partial charge in [0, 0.05) is 13.1 Å². The summed E-state index contributed by atoms with van der Waals surface area (Å²) in [5, 5.41) is 0. The second-order valence-corrected chi connectivity index (χ2v) is 5.53. The molecule has 2 atom stereocenters. The molecule has 0 spiro atoms. The van der Waals surface area contributed by atoms with Crippen molar-refractivity contribution in [1.82, 2.24) is 4.90 Å². The molecule has 0 saturated carbocycles. The summed E-state index contributed by atoms with van der Waals surface area (Å²) < 4.78 is 0. The van der Waals surface area contributed by atoms with Crippen molar-refractivity contribution in [2.75, 3.05) is 19.6 Å². The van der Waals surface area contributed by atoms with Crippen molar-refractivity contribution in [2.24, 2.45) is 5.92 Å². The Kier molecular flexibility index (Phi) is 3.63. The van der Waals surface area contributed by atoms with E-state index in [1.165, 1.54) is 6.42 Å². The topological polar surface area (TPSA) is 20.3 Å².